The van der Waals surface area contributed by atoms with E-state index in [2.05, 4.69) is 32.8 Å². The van der Waals surface area contributed by atoms with Crippen LogP contribution in [0.3, 0.4) is 0 Å². The Morgan fingerprint density at radius 1 is 0.800 bits per heavy atom. The minimum Gasteiger partial charge on any atom is -0.354 e. The van der Waals surface area contributed by atoms with Crippen LogP contribution in [0.1, 0.15) is 78.1 Å². The minimum atomic E-state index is 0.243. The van der Waals surface area contributed by atoms with Crippen molar-refractivity contribution in [2.45, 2.75) is 83.6 Å². The second kappa shape index (κ2) is 15.7. The van der Waals surface area contributed by atoms with Gasteiger partial charge in [-0.05, 0) is 32.7 Å². The monoisotopic (exact) mass is 303 g/mol. The zero-order chi connectivity index (χ0) is 15.1. The van der Waals surface area contributed by atoms with Crippen LogP contribution in [0.15, 0.2) is 0 Å². The second-order valence-electron chi connectivity index (χ2n) is 5.84. The maximum Gasteiger partial charge on any atom is 0.158 e. The first kappa shape index (κ1) is 20.3. The third-order valence-corrected chi connectivity index (χ3v) is 4.81. The zero-order valence-electron chi connectivity index (χ0n) is 14.3. The van der Waals surface area contributed by atoms with Crippen LogP contribution in [0, 0.1) is 0 Å². The lowest BCUT2D eigenvalue weighted by atomic mass is 10.2. The second-order valence-corrected chi connectivity index (χ2v) is 6.99. The van der Waals surface area contributed by atoms with Crippen LogP contribution >= 0.6 is 11.8 Å². The molecule has 2 nitrogen and oxygen atoms in total. The first-order valence-corrected chi connectivity index (χ1v) is 9.66. The number of unbranched alkanes of at least 4 members (excludes halogenated alkanes) is 8. The average Bonchev–Trinajstić information content (AvgIpc) is 2.43. The molecule has 0 heterocycles. The Kier molecular flexibility index (Phi) is 15.9. The Balaban J connectivity index is 3.51. The van der Waals surface area contributed by atoms with E-state index in [4.69, 9.17) is 4.74 Å². The summed E-state index contributed by atoms with van der Waals surface area (Å²) in [5, 5.41) is 0. The Labute approximate surface area is 132 Å². The van der Waals surface area contributed by atoms with Crippen LogP contribution in [-0.4, -0.2) is 36.9 Å². The average molecular weight is 304 g/mol. The normalized spacial score (nSPS) is 13.1. The standard InChI is InChI=1S/C17H37NOS/c1-5-7-9-11-13-15-19-17(18(3)4)20-16-14-12-10-8-6-2/h17H,5-16H2,1-4H3. The fourth-order valence-corrected chi connectivity index (χ4v) is 3.19. The van der Waals surface area contributed by atoms with Gasteiger partial charge >= 0.3 is 0 Å². The van der Waals surface area contributed by atoms with Crippen LogP contribution in [0.4, 0.5) is 0 Å². The molecule has 0 aromatic carbocycles. The fourth-order valence-electron chi connectivity index (χ4n) is 2.13. The van der Waals surface area contributed by atoms with Crippen LogP contribution in [-0.2, 0) is 4.74 Å². The third kappa shape index (κ3) is 13.3. The van der Waals surface area contributed by atoms with Crippen LogP contribution in [0.5, 0.6) is 0 Å². The van der Waals surface area contributed by atoms with E-state index in [1.807, 2.05) is 11.8 Å². The summed E-state index contributed by atoms with van der Waals surface area (Å²) in [5.41, 5.74) is 0.243. The number of thioether (sulfide) groups is 1. The molecule has 0 saturated heterocycles. The molecule has 1 atom stereocenters. The highest BCUT2D eigenvalue weighted by Gasteiger charge is 2.11. The van der Waals surface area contributed by atoms with E-state index in [1.165, 1.54) is 70.0 Å². The summed E-state index contributed by atoms with van der Waals surface area (Å²) in [6, 6.07) is 0. The van der Waals surface area contributed by atoms with Gasteiger partial charge in [0.05, 0.1) is 0 Å². The third-order valence-electron chi connectivity index (χ3n) is 3.44. The summed E-state index contributed by atoms with van der Waals surface area (Å²) in [5.74, 6) is 1.22. The van der Waals surface area contributed by atoms with Crippen molar-refractivity contribution in [3.8, 4) is 0 Å². The highest BCUT2D eigenvalue weighted by molar-refractivity contribution is 7.99. The first-order chi connectivity index (χ1) is 9.72. The van der Waals surface area contributed by atoms with Gasteiger partial charge in [-0.2, -0.15) is 0 Å². The van der Waals surface area contributed by atoms with Crippen molar-refractivity contribution in [3.05, 3.63) is 0 Å². The van der Waals surface area contributed by atoms with Gasteiger partial charge < -0.3 is 4.74 Å². The Hall–Kier alpha value is 0.270. The molecule has 122 valence electrons. The van der Waals surface area contributed by atoms with Gasteiger partial charge in [0.1, 0.15) is 0 Å². The van der Waals surface area contributed by atoms with Crippen molar-refractivity contribution in [1.82, 2.24) is 4.90 Å². The topological polar surface area (TPSA) is 12.5 Å². The maximum atomic E-state index is 6.00. The molecule has 0 radical (unpaired) electrons. The minimum absolute atomic E-state index is 0.243. The largest absolute Gasteiger partial charge is 0.354 e. The van der Waals surface area contributed by atoms with Gasteiger partial charge in [0.2, 0.25) is 0 Å². The van der Waals surface area contributed by atoms with Gasteiger partial charge in [-0.1, -0.05) is 65.2 Å². The first-order valence-electron chi connectivity index (χ1n) is 8.62. The summed E-state index contributed by atoms with van der Waals surface area (Å²) < 4.78 is 6.00. The molecule has 0 bridgehead atoms. The molecule has 0 N–H and O–H groups in total. The summed E-state index contributed by atoms with van der Waals surface area (Å²) in [6.07, 6.45) is 13.4. The van der Waals surface area contributed by atoms with Crippen molar-refractivity contribution < 1.29 is 4.74 Å². The number of rotatable bonds is 15. The molecule has 0 spiro atoms. The van der Waals surface area contributed by atoms with Gasteiger partial charge in [-0.3, -0.25) is 4.90 Å². The Bertz CT molecular complexity index is 172. The quantitative estimate of drug-likeness (QED) is 0.292. The van der Waals surface area contributed by atoms with Crippen LogP contribution in [0.25, 0.3) is 0 Å². The molecule has 20 heavy (non-hydrogen) atoms. The van der Waals surface area contributed by atoms with Crippen molar-refractivity contribution in [2.75, 3.05) is 26.5 Å². The lowest BCUT2D eigenvalue weighted by molar-refractivity contribution is 0.0258. The van der Waals surface area contributed by atoms with Gasteiger partial charge in [-0.25, -0.2) is 0 Å². The molecule has 1 unspecified atom stereocenters. The van der Waals surface area contributed by atoms with E-state index in [9.17, 15) is 0 Å². The molecule has 0 aliphatic rings. The lowest BCUT2D eigenvalue weighted by Gasteiger charge is -2.24. The molecule has 0 rings (SSSR count). The fraction of sp³-hybridized carbons (Fsp3) is 1.00. The summed E-state index contributed by atoms with van der Waals surface area (Å²) in [6.45, 7) is 5.44. The molecule has 0 aliphatic heterocycles. The van der Waals surface area contributed by atoms with Crippen molar-refractivity contribution in [1.29, 1.82) is 0 Å². The van der Waals surface area contributed by atoms with E-state index in [1.54, 1.807) is 0 Å². The van der Waals surface area contributed by atoms with Gasteiger partial charge in [0.25, 0.3) is 0 Å². The highest BCUT2D eigenvalue weighted by atomic mass is 32.2. The van der Waals surface area contributed by atoms with E-state index in [-0.39, 0.29) is 5.56 Å². The van der Waals surface area contributed by atoms with Gasteiger partial charge in [0, 0.05) is 6.61 Å². The Morgan fingerprint density at radius 3 is 1.90 bits per heavy atom. The number of hydrogen-bond acceptors (Lipinski definition) is 3. The molecule has 0 saturated carbocycles. The predicted octanol–water partition coefficient (Wildman–Crippen LogP) is 5.52. The molecule has 3 heteroatoms. The Morgan fingerprint density at radius 2 is 1.35 bits per heavy atom. The summed E-state index contributed by atoms with van der Waals surface area (Å²) >= 11 is 1.96. The van der Waals surface area contributed by atoms with Crippen LogP contribution < -0.4 is 0 Å². The molecule has 0 aromatic heterocycles. The number of nitrogens with zero attached hydrogens (tertiary/aromatic N) is 1. The summed E-state index contributed by atoms with van der Waals surface area (Å²) in [7, 11) is 4.23. The molecule has 0 aromatic rings. The SMILES string of the molecule is CCCCCCCOC(SCCCCCCC)N(C)C. The van der Waals surface area contributed by atoms with E-state index >= 15 is 0 Å². The van der Waals surface area contributed by atoms with Crippen molar-refractivity contribution >= 4 is 11.8 Å². The van der Waals surface area contributed by atoms with E-state index in [0.717, 1.165) is 6.61 Å². The number of hydrogen-bond donors (Lipinski definition) is 0. The molecular formula is C17H37NOS. The summed E-state index contributed by atoms with van der Waals surface area (Å²) in [4.78, 5) is 2.20. The van der Waals surface area contributed by atoms with Crippen LogP contribution in [0.2, 0.25) is 0 Å². The van der Waals surface area contributed by atoms with Gasteiger partial charge in [-0.15, -0.1) is 11.8 Å². The molecule has 0 amide bonds. The predicted molar refractivity (Wildman–Crippen MR) is 93.4 cm³/mol. The van der Waals surface area contributed by atoms with Crippen molar-refractivity contribution in [2.24, 2.45) is 0 Å². The zero-order valence-corrected chi connectivity index (χ0v) is 15.1. The smallest absolute Gasteiger partial charge is 0.158 e. The van der Waals surface area contributed by atoms with Crippen molar-refractivity contribution in [3.63, 3.8) is 0 Å². The maximum absolute atomic E-state index is 6.00. The highest BCUT2D eigenvalue weighted by Crippen LogP contribution is 2.18. The molecular weight excluding hydrogens is 266 g/mol. The number of ether oxygens (including phenoxy) is 1. The van der Waals surface area contributed by atoms with Gasteiger partial charge in [0.15, 0.2) is 5.56 Å². The molecule has 0 aliphatic carbocycles. The van der Waals surface area contributed by atoms with E-state index in [0.29, 0.717) is 0 Å². The van der Waals surface area contributed by atoms with E-state index < -0.39 is 0 Å². The molecule has 0 fully saturated rings. The lowest BCUT2D eigenvalue weighted by Crippen LogP contribution is -2.28.